The molecule has 1 aromatic rings. The summed E-state index contributed by atoms with van der Waals surface area (Å²) in [5.74, 6) is -2.27. The first-order chi connectivity index (χ1) is 9.47. The number of hydrogen-bond acceptors (Lipinski definition) is 3. The van der Waals surface area contributed by atoms with Gasteiger partial charge in [-0.3, -0.25) is 9.59 Å². The maximum Gasteiger partial charge on any atom is 0.222 e. The van der Waals surface area contributed by atoms with Crippen molar-refractivity contribution in [3.63, 3.8) is 0 Å². The Balaban J connectivity index is 1.93. The molecule has 1 saturated heterocycles. The van der Waals surface area contributed by atoms with Crippen molar-refractivity contribution in [2.24, 2.45) is 23.3 Å². The third-order valence-electron chi connectivity index (χ3n) is 3.76. The summed E-state index contributed by atoms with van der Waals surface area (Å²) in [5, 5.41) is 0. The van der Waals surface area contributed by atoms with Crippen molar-refractivity contribution in [2.75, 3.05) is 19.6 Å². The van der Waals surface area contributed by atoms with Gasteiger partial charge in [0.1, 0.15) is 5.82 Å². The minimum absolute atomic E-state index is 0.266. The van der Waals surface area contributed by atoms with Gasteiger partial charge in [0.25, 0.3) is 0 Å². The number of likely N-dealkylation sites (tertiary alicyclic amines) is 1. The summed E-state index contributed by atoms with van der Waals surface area (Å²) in [5.41, 5.74) is 11.6. The van der Waals surface area contributed by atoms with Crippen molar-refractivity contribution in [2.45, 2.75) is 6.42 Å². The van der Waals surface area contributed by atoms with Crippen molar-refractivity contribution in [3.05, 3.63) is 35.6 Å². The van der Waals surface area contributed by atoms with E-state index in [1.54, 1.807) is 12.1 Å². The third-order valence-corrected chi connectivity index (χ3v) is 3.76. The first-order valence-electron chi connectivity index (χ1n) is 6.53. The zero-order valence-electron chi connectivity index (χ0n) is 11.1. The SMILES string of the molecule is NC(=O)C1CN(CCc2ccc(F)cc2)CC1C(N)=O. The Morgan fingerprint density at radius 2 is 1.60 bits per heavy atom. The van der Waals surface area contributed by atoms with E-state index in [1.807, 2.05) is 4.90 Å². The van der Waals surface area contributed by atoms with E-state index >= 15 is 0 Å². The van der Waals surface area contributed by atoms with Gasteiger partial charge in [-0.1, -0.05) is 12.1 Å². The molecule has 0 saturated carbocycles. The summed E-state index contributed by atoms with van der Waals surface area (Å²) in [4.78, 5) is 24.6. The van der Waals surface area contributed by atoms with Gasteiger partial charge in [-0.15, -0.1) is 0 Å². The van der Waals surface area contributed by atoms with Crippen LogP contribution in [0.2, 0.25) is 0 Å². The van der Waals surface area contributed by atoms with Gasteiger partial charge in [0.2, 0.25) is 11.8 Å². The Morgan fingerprint density at radius 1 is 1.10 bits per heavy atom. The predicted molar refractivity (Wildman–Crippen MR) is 71.9 cm³/mol. The lowest BCUT2D eigenvalue weighted by Crippen LogP contribution is -2.36. The fraction of sp³-hybridized carbons (Fsp3) is 0.429. The summed E-state index contributed by atoms with van der Waals surface area (Å²) < 4.78 is 12.8. The molecule has 5 nitrogen and oxygen atoms in total. The average Bonchev–Trinajstić information content (AvgIpc) is 2.83. The number of hydrogen-bond donors (Lipinski definition) is 2. The van der Waals surface area contributed by atoms with E-state index in [4.69, 9.17) is 11.5 Å². The van der Waals surface area contributed by atoms with Gasteiger partial charge >= 0.3 is 0 Å². The zero-order chi connectivity index (χ0) is 14.7. The Labute approximate surface area is 116 Å². The number of amides is 2. The molecule has 6 heteroatoms. The van der Waals surface area contributed by atoms with Crippen molar-refractivity contribution in [1.29, 1.82) is 0 Å². The van der Waals surface area contributed by atoms with E-state index < -0.39 is 23.7 Å². The number of nitrogens with zero attached hydrogens (tertiary/aromatic N) is 1. The fourth-order valence-electron chi connectivity index (χ4n) is 2.58. The lowest BCUT2D eigenvalue weighted by Gasteiger charge is -2.15. The van der Waals surface area contributed by atoms with Gasteiger partial charge in [-0.25, -0.2) is 4.39 Å². The van der Waals surface area contributed by atoms with Crippen molar-refractivity contribution in [3.8, 4) is 0 Å². The topological polar surface area (TPSA) is 89.4 Å². The van der Waals surface area contributed by atoms with Crippen LogP contribution in [-0.2, 0) is 16.0 Å². The van der Waals surface area contributed by atoms with Gasteiger partial charge in [0.05, 0.1) is 11.8 Å². The number of primary amides is 2. The molecule has 20 heavy (non-hydrogen) atoms. The van der Waals surface area contributed by atoms with Crippen molar-refractivity contribution >= 4 is 11.8 Å². The van der Waals surface area contributed by atoms with E-state index in [1.165, 1.54) is 12.1 Å². The summed E-state index contributed by atoms with van der Waals surface area (Å²) in [7, 11) is 0. The van der Waals surface area contributed by atoms with Crippen LogP contribution in [0.25, 0.3) is 0 Å². The molecule has 4 N–H and O–H groups in total. The Morgan fingerprint density at radius 3 is 2.05 bits per heavy atom. The number of nitrogens with two attached hydrogens (primary N) is 2. The molecular formula is C14H18FN3O2. The number of rotatable bonds is 5. The summed E-state index contributed by atoms with van der Waals surface area (Å²) in [6.07, 6.45) is 0.719. The molecule has 1 aliphatic heterocycles. The molecule has 0 radical (unpaired) electrons. The van der Waals surface area contributed by atoms with Crippen molar-refractivity contribution in [1.82, 2.24) is 4.90 Å². The van der Waals surface area contributed by atoms with E-state index in [0.717, 1.165) is 12.0 Å². The molecule has 1 heterocycles. The molecule has 0 aromatic heterocycles. The first kappa shape index (κ1) is 14.5. The summed E-state index contributed by atoms with van der Waals surface area (Å²) >= 11 is 0. The van der Waals surface area contributed by atoms with E-state index in [2.05, 4.69) is 0 Å². The Hall–Kier alpha value is -1.95. The molecule has 1 aliphatic rings. The number of carbonyl (C=O) groups is 2. The molecule has 2 amide bonds. The first-order valence-corrected chi connectivity index (χ1v) is 6.53. The highest BCUT2D eigenvalue weighted by atomic mass is 19.1. The molecular weight excluding hydrogens is 261 g/mol. The summed E-state index contributed by atoms with van der Waals surface area (Å²) in [6, 6.07) is 6.28. The smallest absolute Gasteiger partial charge is 0.222 e. The molecule has 0 spiro atoms. The van der Waals surface area contributed by atoms with E-state index in [-0.39, 0.29) is 5.82 Å². The van der Waals surface area contributed by atoms with Crippen LogP contribution in [0.3, 0.4) is 0 Å². The fourth-order valence-corrected chi connectivity index (χ4v) is 2.58. The van der Waals surface area contributed by atoms with Crippen LogP contribution in [0.5, 0.6) is 0 Å². The largest absolute Gasteiger partial charge is 0.369 e. The highest BCUT2D eigenvalue weighted by Gasteiger charge is 2.39. The maximum absolute atomic E-state index is 12.8. The highest BCUT2D eigenvalue weighted by molar-refractivity contribution is 5.87. The summed E-state index contributed by atoms with van der Waals surface area (Å²) in [6.45, 7) is 1.58. The highest BCUT2D eigenvalue weighted by Crippen LogP contribution is 2.23. The van der Waals surface area contributed by atoms with Crippen LogP contribution in [0.4, 0.5) is 4.39 Å². The normalized spacial score (nSPS) is 22.9. The molecule has 2 atom stereocenters. The van der Waals surface area contributed by atoms with Crippen LogP contribution in [0.15, 0.2) is 24.3 Å². The van der Waals surface area contributed by atoms with Crippen LogP contribution < -0.4 is 11.5 Å². The van der Waals surface area contributed by atoms with Crippen LogP contribution in [0.1, 0.15) is 5.56 Å². The minimum atomic E-state index is -0.513. The molecule has 108 valence electrons. The zero-order valence-corrected chi connectivity index (χ0v) is 11.1. The number of carbonyl (C=O) groups excluding carboxylic acids is 2. The van der Waals surface area contributed by atoms with E-state index in [9.17, 15) is 14.0 Å². The van der Waals surface area contributed by atoms with E-state index in [0.29, 0.717) is 19.6 Å². The average molecular weight is 279 g/mol. The molecule has 2 rings (SSSR count). The molecule has 0 aliphatic carbocycles. The molecule has 0 bridgehead atoms. The number of halogens is 1. The minimum Gasteiger partial charge on any atom is -0.369 e. The standard InChI is InChI=1S/C14H18FN3O2/c15-10-3-1-9(2-4-10)5-6-18-7-11(13(16)19)12(8-18)14(17)20/h1-4,11-12H,5-8H2,(H2,16,19)(H2,17,20). The lowest BCUT2D eigenvalue weighted by atomic mass is 9.95. The van der Waals surface area contributed by atoms with Crippen LogP contribution in [-0.4, -0.2) is 36.3 Å². The molecule has 1 aromatic carbocycles. The maximum atomic E-state index is 12.8. The third kappa shape index (κ3) is 3.33. The Kier molecular flexibility index (Phi) is 4.34. The van der Waals surface area contributed by atoms with Gasteiger partial charge in [0, 0.05) is 19.6 Å². The molecule has 1 fully saturated rings. The monoisotopic (exact) mass is 279 g/mol. The molecule has 2 unspecified atom stereocenters. The van der Waals surface area contributed by atoms with Gasteiger partial charge in [-0.05, 0) is 24.1 Å². The predicted octanol–water partition coefficient (Wildman–Crippen LogP) is -0.113. The lowest BCUT2D eigenvalue weighted by molar-refractivity contribution is -0.129. The van der Waals surface area contributed by atoms with Gasteiger partial charge < -0.3 is 16.4 Å². The van der Waals surface area contributed by atoms with Crippen LogP contribution >= 0.6 is 0 Å². The Bertz CT molecular complexity index is 482. The van der Waals surface area contributed by atoms with Crippen LogP contribution in [0, 0.1) is 17.7 Å². The second-order valence-electron chi connectivity index (χ2n) is 5.15. The second-order valence-corrected chi connectivity index (χ2v) is 5.15. The van der Waals surface area contributed by atoms with Crippen molar-refractivity contribution < 1.29 is 14.0 Å². The second kappa shape index (κ2) is 6.00. The number of benzene rings is 1. The van der Waals surface area contributed by atoms with Gasteiger partial charge in [-0.2, -0.15) is 0 Å². The van der Waals surface area contributed by atoms with Gasteiger partial charge in [0.15, 0.2) is 0 Å². The quantitative estimate of drug-likeness (QED) is 0.788.